The van der Waals surface area contributed by atoms with Crippen LogP contribution in [0.3, 0.4) is 0 Å². The van der Waals surface area contributed by atoms with Crippen LogP contribution in [0.15, 0.2) is 18.5 Å². The van der Waals surface area contributed by atoms with Gasteiger partial charge in [-0.2, -0.15) is 5.10 Å². The van der Waals surface area contributed by atoms with E-state index < -0.39 is 11.7 Å². The number of aromatic nitrogens is 3. The molecule has 0 saturated heterocycles. The summed E-state index contributed by atoms with van der Waals surface area (Å²) in [5.74, 6) is -1.54. The lowest BCUT2D eigenvalue weighted by atomic mass is 10.1. The van der Waals surface area contributed by atoms with E-state index in [1.165, 1.54) is 12.3 Å². The van der Waals surface area contributed by atoms with Gasteiger partial charge in [-0.1, -0.05) is 0 Å². The number of aromatic amines is 1. The van der Waals surface area contributed by atoms with E-state index in [9.17, 15) is 9.18 Å². The Kier molecular flexibility index (Phi) is 4.29. The summed E-state index contributed by atoms with van der Waals surface area (Å²) in [6.07, 6.45) is 4.61. The van der Waals surface area contributed by atoms with E-state index in [2.05, 4.69) is 20.5 Å². The van der Waals surface area contributed by atoms with Crippen LogP contribution in [0.25, 0.3) is 0 Å². The summed E-state index contributed by atoms with van der Waals surface area (Å²) in [7, 11) is 0. The van der Waals surface area contributed by atoms with Gasteiger partial charge in [0.1, 0.15) is 0 Å². The van der Waals surface area contributed by atoms with Crippen molar-refractivity contribution in [1.82, 2.24) is 20.5 Å². The van der Waals surface area contributed by atoms with E-state index in [0.29, 0.717) is 6.54 Å². The molecule has 4 N–H and O–H groups in total. The molecular formula is C13H16FN5O. The Balaban J connectivity index is 1.84. The molecule has 2 aromatic rings. The first-order chi connectivity index (χ1) is 9.59. The molecule has 1 amide bonds. The van der Waals surface area contributed by atoms with E-state index in [1.807, 2.05) is 6.92 Å². The predicted molar refractivity (Wildman–Crippen MR) is 72.6 cm³/mol. The summed E-state index contributed by atoms with van der Waals surface area (Å²) in [5, 5.41) is 9.43. The fraction of sp³-hybridized carbons (Fsp3) is 0.308. The molecular weight excluding hydrogens is 261 g/mol. The molecule has 2 rings (SSSR count). The zero-order valence-corrected chi connectivity index (χ0v) is 11.1. The van der Waals surface area contributed by atoms with Crippen LogP contribution in [-0.4, -0.2) is 27.6 Å². The number of hydrogen-bond donors (Lipinski definition) is 3. The lowest BCUT2D eigenvalue weighted by Crippen LogP contribution is -2.26. The number of anilines is 1. The summed E-state index contributed by atoms with van der Waals surface area (Å²) in [6.45, 7) is 2.39. The molecule has 0 atom stereocenters. The van der Waals surface area contributed by atoms with Crippen molar-refractivity contribution in [1.29, 1.82) is 0 Å². The molecule has 0 aliphatic heterocycles. The molecule has 6 nitrogen and oxygen atoms in total. The number of carbonyl (C=O) groups is 1. The summed E-state index contributed by atoms with van der Waals surface area (Å²) in [4.78, 5) is 15.4. The minimum atomic E-state index is -0.782. The first kappa shape index (κ1) is 14.0. The SMILES string of the molecule is Cc1[nH]ncc1CCCNC(=O)c1ccnc(N)c1F. The summed E-state index contributed by atoms with van der Waals surface area (Å²) >= 11 is 0. The number of nitrogen functional groups attached to an aromatic ring is 1. The molecule has 0 aromatic carbocycles. The zero-order valence-electron chi connectivity index (χ0n) is 11.1. The average molecular weight is 277 g/mol. The van der Waals surface area contributed by atoms with Gasteiger partial charge in [0.2, 0.25) is 0 Å². The predicted octanol–water partition coefficient (Wildman–Crippen LogP) is 1.20. The van der Waals surface area contributed by atoms with Crippen LogP contribution in [-0.2, 0) is 6.42 Å². The standard InChI is InChI=1S/C13H16FN5O/c1-8-9(7-18-19-8)3-2-5-17-13(20)10-4-6-16-12(15)11(10)14/h4,6-7H,2-3,5H2,1H3,(H2,15,16)(H,17,20)(H,18,19). The van der Waals surface area contributed by atoms with Crippen LogP contribution in [0.5, 0.6) is 0 Å². The normalized spacial score (nSPS) is 10.5. The Bertz CT molecular complexity index is 611. The van der Waals surface area contributed by atoms with E-state index in [0.717, 1.165) is 24.1 Å². The molecule has 0 saturated carbocycles. The van der Waals surface area contributed by atoms with Crippen molar-refractivity contribution in [3.63, 3.8) is 0 Å². The topological polar surface area (TPSA) is 96.7 Å². The minimum Gasteiger partial charge on any atom is -0.381 e. The highest BCUT2D eigenvalue weighted by Crippen LogP contribution is 2.11. The molecule has 106 valence electrons. The van der Waals surface area contributed by atoms with Gasteiger partial charge in [-0.25, -0.2) is 9.37 Å². The molecule has 0 bridgehead atoms. The fourth-order valence-corrected chi connectivity index (χ4v) is 1.84. The molecule has 0 spiro atoms. The second kappa shape index (κ2) is 6.14. The van der Waals surface area contributed by atoms with Gasteiger partial charge in [0, 0.05) is 18.4 Å². The first-order valence-electron chi connectivity index (χ1n) is 6.26. The zero-order chi connectivity index (χ0) is 14.5. The third-order valence-electron chi connectivity index (χ3n) is 3.00. The van der Waals surface area contributed by atoms with Gasteiger partial charge >= 0.3 is 0 Å². The van der Waals surface area contributed by atoms with Gasteiger partial charge in [-0.15, -0.1) is 0 Å². The Morgan fingerprint density at radius 1 is 1.55 bits per heavy atom. The number of carbonyl (C=O) groups excluding carboxylic acids is 1. The number of amides is 1. The van der Waals surface area contributed by atoms with Crippen LogP contribution in [0.2, 0.25) is 0 Å². The molecule has 0 aliphatic rings. The van der Waals surface area contributed by atoms with Crippen molar-refractivity contribution in [2.75, 3.05) is 12.3 Å². The Morgan fingerprint density at radius 3 is 3.05 bits per heavy atom. The van der Waals surface area contributed by atoms with Gasteiger partial charge in [-0.3, -0.25) is 9.89 Å². The van der Waals surface area contributed by atoms with E-state index in [-0.39, 0.29) is 11.4 Å². The molecule has 2 heterocycles. The maximum atomic E-state index is 13.6. The molecule has 0 unspecified atom stereocenters. The van der Waals surface area contributed by atoms with Crippen molar-refractivity contribution in [2.45, 2.75) is 19.8 Å². The number of nitrogens with one attached hydrogen (secondary N) is 2. The Hall–Kier alpha value is -2.44. The third kappa shape index (κ3) is 3.11. The second-order valence-corrected chi connectivity index (χ2v) is 4.44. The Morgan fingerprint density at radius 2 is 2.35 bits per heavy atom. The number of hydrogen-bond acceptors (Lipinski definition) is 4. The lowest BCUT2D eigenvalue weighted by molar-refractivity contribution is 0.0949. The molecule has 0 radical (unpaired) electrons. The van der Waals surface area contributed by atoms with Crippen LogP contribution in [0, 0.1) is 12.7 Å². The van der Waals surface area contributed by atoms with Gasteiger partial charge in [-0.05, 0) is 31.4 Å². The number of halogens is 1. The average Bonchev–Trinajstić information content (AvgIpc) is 2.83. The molecule has 7 heteroatoms. The van der Waals surface area contributed by atoms with Crippen molar-refractivity contribution in [3.05, 3.63) is 41.1 Å². The van der Waals surface area contributed by atoms with Crippen LogP contribution in [0.4, 0.5) is 10.2 Å². The van der Waals surface area contributed by atoms with Gasteiger partial charge in [0.25, 0.3) is 5.91 Å². The first-order valence-corrected chi connectivity index (χ1v) is 6.26. The molecule has 0 fully saturated rings. The quantitative estimate of drug-likeness (QED) is 0.715. The number of nitrogens with two attached hydrogens (primary N) is 1. The summed E-state index contributed by atoms with van der Waals surface area (Å²) in [5.41, 5.74) is 7.36. The third-order valence-corrected chi connectivity index (χ3v) is 3.00. The van der Waals surface area contributed by atoms with Crippen LogP contribution >= 0.6 is 0 Å². The van der Waals surface area contributed by atoms with Crippen molar-refractivity contribution in [3.8, 4) is 0 Å². The van der Waals surface area contributed by atoms with Crippen molar-refractivity contribution in [2.24, 2.45) is 0 Å². The van der Waals surface area contributed by atoms with Crippen LogP contribution < -0.4 is 11.1 Å². The monoisotopic (exact) mass is 277 g/mol. The lowest BCUT2D eigenvalue weighted by Gasteiger charge is -2.06. The maximum absolute atomic E-state index is 13.6. The highest BCUT2D eigenvalue weighted by Gasteiger charge is 2.13. The minimum absolute atomic E-state index is 0.0861. The van der Waals surface area contributed by atoms with E-state index in [1.54, 1.807) is 6.20 Å². The molecule has 0 aliphatic carbocycles. The van der Waals surface area contributed by atoms with E-state index >= 15 is 0 Å². The number of nitrogens with zero attached hydrogens (tertiary/aromatic N) is 2. The maximum Gasteiger partial charge on any atom is 0.254 e. The number of pyridine rings is 1. The highest BCUT2D eigenvalue weighted by atomic mass is 19.1. The van der Waals surface area contributed by atoms with E-state index in [4.69, 9.17) is 5.73 Å². The fourth-order valence-electron chi connectivity index (χ4n) is 1.84. The number of aryl methyl sites for hydroxylation is 2. The number of H-pyrrole nitrogens is 1. The van der Waals surface area contributed by atoms with Crippen molar-refractivity contribution >= 4 is 11.7 Å². The van der Waals surface area contributed by atoms with Gasteiger partial charge in [0.05, 0.1) is 11.8 Å². The largest absolute Gasteiger partial charge is 0.381 e. The number of rotatable bonds is 5. The molecule has 20 heavy (non-hydrogen) atoms. The van der Waals surface area contributed by atoms with Crippen LogP contribution in [0.1, 0.15) is 28.0 Å². The summed E-state index contributed by atoms with van der Waals surface area (Å²) in [6, 6.07) is 1.31. The second-order valence-electron chi connectivity index (χ2n) is 4.44. The highest BCUT2D eigenvalue weighted by molar-refractivity contribution is 5.95. The summed E-state index contributed by atoms with van der Waals surface area (Å²) < 4.78 is 13.6. The molecule has 2 aromatic heterocycles. The van der Waals surface area contributed by atoms with Gasteiger partial charge in [0.15, 0.2) is 11.6 Å². The Labute approximate surface area is 115 Å². The smallest absolute Gasteiger partial charge is 0.254 e. The van der Waals surface area contributed by atoms with Gasteiger partial charge < -0.3 is 11.1 Å². The van der Waals surface area contributed by atoms with Crippen molar-refractivity contribution < 1.29 is 9.18 Å².